The molecule has 5 rings (SSSR count). The van der Waals surface area contributed by atoms with Gasteiger partial charge < -0.3 is 15.0 Å². The van der Waals surface area contributed by atoms with E-state index in [2.05, 4.69) is 68.9 Å². The maximum atomic E-state index is 5.30. The summed E-state index contributed by atoms with van der Waals surface area (Å²) in [6.45, 7) is 4.62. The van der Waals surface area contributed by atoms with Crippen LogP contribution in [-0.2, 0) is 0 Å². The highest BCUT2D eigenvalue weighted by atomic mass is 32.1. The molecule has 3 heterocycles. The van der Waals surface area contributed by atoms with Crippen molar-refractivity contribution in [2.24, 2.45) is 5.92 Å². The summed E-state index contributed by atoms with van der Waals surface area (Å²) in [5.74, 6) is 2.51. The van der Waals surface area contributed by atoms with Crippen molar-refractivity contribution >= 4 is 38.7 Å². The number of hydrogen-bond donors (Lipinski definition) is 1. The van der Waals surface area contributed by atoms with E-state index in [-0.39, 0.29) is 0 Å². The zero-order valence-electron chi connectivity index (χ0n) is 17.8. The fourth-order valence-electron chi connectivity index (χ4n) is 4.11. The molecule has 0 atom stereocenters. The number of thiophene rings is 1. The number of benzene rings is 2. The molecule has 4 aromatic rings. The smallest absolute Gasteiger partial charge is 0.143 e. The van der Waals surface area contributed by atoms with Gasteiger partial charge >= 0.3 is 0 Å². The third-order valence-electron chi connectivity index (χ3n) is 6.05. The molecule has 1 aliphatic rings. The van der Waals surface area contributed by atoms with Gasteiger partial charge in [-0.2, -0.15) is 0 Å². The van der Waals surface area contributed by atoms with Crippen LogP contribution in [0.4, 0.5) is 17.2 Å². The van der Waals surface area contributed by atoms with Gasteiger partial charge in [-0.05, 0) is 60.7 Å². The Morgan fingerprint density at radius 1 is 1.00 bits per heavy atom. The van der Waals surface area contributed by atoms with Crippen molar-refractivity contribution in [1.29, 1.82) is 0 Å². The van der Waals surface area contributed by atoms with E-state index in [4.69, 9.17) is 4.74 Å². The molecule has 1 aliphatic heterocycles. The first kappa shape index (κ1) is 19.8. The SMILES string of the molecule is COc1ccc(-c2csc3ncnc(Nc4ccc(N5CCC(C)CC5)cc4)c23)cc1. The van der Waals surface area contributed by atoms with Gasteiger partial charge in [-0.15, -0.1) is 11.3 Å². The summed E-state index contributed by atoms with van der Waals surface area (Å²) in [7, 11) is 1.68. The quantitative estimate of drug-likeness (QED) is 0.400. The lowest BCUT2D eigenvalue weighted by atomic mass is 9.99. The molecule has 1 N–H and O–H groups in total. The van der Waals surface area contributed by atoms with Gasteiger partial charge in [-0.25, -0.2) is 9.97 Å². The second-order valence-corrected chi connectivity index (χ2v) is 8.98. The maximum Gasteiger partial charge on any atom is 0.143 e. The number of rotatable bonds is 5. The lowest BCUT2D eigenvalue weighted by Gasteiger charge is -2.32. The lowest BCUT2D eigenvalue weighted by molar-refractivity contribution is 0.415. The molecule has 0 aliphatic carbocycles. The summed E-state index contributed by atoms with van der Waals surface area (Å²) in [5, 5.41) is 6.71. The molecule has 0 saturated carbocycles. The topological polar surface area (TPSA) is 50.3 Å². The van der Waals surface area contributed by atoms with Crippen molar-refractivity contribution in [3.63, 3.8) is 0 Å². The molecule has 0 radical (unpaired) electrons. The molecular formula is C25H26N4OS. The molecule has 1 fully saturated rings. The average Bonchev–Trinajstić information content (AvgIpc) is 3.26. The van der Waals surface area contributed by atoms with Crippen molar-refractivity contribution in [1.82, 2.24) is 9.97 Å². The minimum absolute atomic E-state index is 0.830. The summed E-state index contributed by atoms with van der Waals surface area (Å²) in [6.07, 6.45) is 4.17. The number of hydrogen-bond acceptors (Lipinski definition) is 6. The summed E-state index contributed by atoms with van der Waals surface area (Å²) < 4.78 is 5.30. The average molecular weight is 431 g/mol. The summed E-state index contributed by atoms with van der Waals surface area (Å²) in [5.41, 5.74) is 4.57. The van der Waals surface area contributed by atoms with Gasteiger partial charge in [0, 0.05) is 35.4 Å². The number of anilines is 3. The van der Waals surface area contributed by atoms with Crippen LogP contribution in [-0.4, -0.2) is 30.2 Å². The van der Waals surface area contributed by atoms with Crippen LogP contribution in [0, 0.1) is 5.92 Å². The van der Waals surface area contributed by atoms with Crippen molar-refractivity contribution in [3.8, 4) is 16.9 Å². The van der Waals surface area contributed by atoms with E-state index in [0.717, 1.165) is 57.6 Å². The van der Waals surface area contributed by atoms with Gasteiger partial charge in [0.05, 0.1) is 12.5 Å². The highest BCUT2D eigenvalue weighted by molar-refractivity contribution is 7.17. The highest BCUT2D eigenvalue weighted by Crippen LogP contribution is 2.38. The predicted molar refractivity (Wildman–Crippen MR) is 130 cm³/mol. The monoisotopic (exact) mass is 430 g/mol. The highest BCUT2D eigenvalue weighted by Gasteiger charge is 2.17. The lowest BCUT2D eigenvalue weighted by Crippen LogP contribution is -2.32. The molecule has 158 valence electrons. The van der Waals surface area contributed by atoms with Gasteiger partial charge in [-0.1, -0.05) is 19.1 Å². The number of ether oxygens (including phenoxy) is 1. The fourth-order valence-corrected chi connectivity index (χ4v) is 5.03. The molecule has 2 aromatic heterocycles. The Morgan fingerprint density at radius 3 is 2.45 bits per heavy atom. The second-order valence-electron chi connectivity index (χ2n) is 8.12. The Balaban J connectivity index is 1.42. The summed E-state index contributed by atoms with van der Waals surface area (Å²) >= 11 is 1.64. The van der Waals surface area contributed by atoms with Crippen molar-refractivity contribution in [2.45, 2.75) is 19.8 Å². The summed E-state index contributed by atoms with van der Waals surface area (Å²) in [4.78, 5) is 12.5. The van der Waals surface area contributed by atoms with Crippen molar-refractivity contribution in [3.05, 3.63) is 60.2 Å². The van der Waals surface area contributed by atoms with E-state index in [9.17, 15) is 0 Å². The zero-order chi connectivity index (χ0) is 21.2. The first-order valence-corrected chi connectivity index (χ1v) is 11.6. The van der Waals surface area contributed by atoms with Crippen LogP contribution in [0.25, 0.3) is 21.3 Å². The van der Waals surface area contributed by atoms with Crippen LogP contribution in [0.15, 0.2) is 60.2 Å². The van der Waals surface area contributed by atoms with Crippen molar-refractivity contribution < 1.29 is 4.74 Å². The number of nitrogens with one attached hydrogen (secondary N) is 1. The molecule has 1 saturated heterocycles. The molecule has 6 heteroatoms. The van der Waals surface area contributed by atoms with E-state index in [1.165, 1.54) is 18.5 Å². The van der Waals surface area contributed by atoms with E-state index >= 15 is 0 Å². The Morgan fingerprint density at radius 2 is 1.74 bits per heavy atom. The number of fused-ring (bicyclic) bond motifs is 1. The number of aromatic nitrogens is 2. The van der Waals surface area contributed by atoms with E-state index in [0.29, 0.717) is 0 Å². The van der Waals surface area contributed by atoms with E-state index in [1.54, 1.807) is 24.8 Å². The molecule has 5 nitrogen and oxygen atoms in total. The van der Waals surface area contributed by atoms with Gasteiger partial charge in [0.1, 0.15) is 22.7 Å². The van der Waals surface area contributed by atoms with Crippen LogP contribution in [0.1, 0.15) is 19.8 Å². The minimum atomic E-state index is 0.830. The third-order valence-corrected chi connectivity index (χ3v) is 6.94. The molecular weight excluding hydrogens is 404 g/mol. The van der Waals surface area contributed by atoms with Gasteiger partial charge in [0.25, 0.3) is 0 Å². The van der Waals surface area contributed by atoms with Gasteiger partial charge in [0.2, 0.25) is 0 Å². The molecule has 0 amide bonds. The van der Waals surface area contributed by atoms with E-state index in [1.807, 2.05) is 12.1 Å². The summed E-state index contributed by atoms with van der Waals surface area (Å²) in [6, 6.07) is 16.8. The van der Waals surface area contributed by atoms with Crippen LogP contribution < -0.4 is 15.0 Å². The van der Waals surface area contributed by atoms with Gasteiger partial charge in [-0.3, -0.25) is 0 Å². The Hall–Kier alpha value is -3.12. The van der Waals surface area contributed by atoms with Crippen LogP contribution in [0.2, 0.25) is 0 Å². The number of piperidine rings is 1. The third kappa shape index (κ3) is 4.08. The maximum absolute atomic E-state index is 5.30. The minimum Gasteiger partial charge on any atom is -0.497 e. The molecule has 0 bridgehead atoms. The number of methoxy groups -OCH3 is 1. The van der Waals surface area contributed by atoms with Crippen molar-refractivity contribution in [2.75, 3.05) is 30.4 Å². The molecule has 0 unspecified atom stereocenters. The first-order chi connectivity index (χ1) is 15.2. The molecule has 31 heavy (non-hydrogen) atoms. The Kier molecular flexibility index (Phi) is 5.47. The second kappa shape index (κ2) is 8.55. The van der Waals surface area contributed by atoms with Gasteiger partial charge in [0.15, 0.2) is 0 Å². The Labute approximate surface area is 186 Å². The Bertz CT molecular complexity index is 1160. The largest absolute Gasteiger partial charge is 0.497 e. The van der Waals surface area contributed by atoms with Crippen LogP contribution >= 0.6 is 11.3 Å². The zero-order valence-corrected chi connectivity index (χ0v) is 18.7. The van der Waals surface area contributed by atoms with E-state index < -0.39 is 0 Å². The normalized spacial score (nSPS) is 14.7. The first-order valence-electron chi connectivity index (χ1n) is 10.7. The fraction of sp³-hybridized carbons (Fsp3) is 0.280. The number of nitrogens with zero attached hydrogens (tertiary/aromatic N) is 3. The van der Waals surface area contributed by atoms with Crippen LogP contribution in [0.3, 0.4) is 0 Å². The predicted octanol–water partition coefficient (Wildman–Crippen LogP) is 6.35. The standard InChI is InChI=1S/C25H26N4OS/c1-17-11-13-29(14-12-17)20-7-5-19(6-8-20)28-24-23-22(15-31-25(23)27-16-26-24)18-3-9-21(30-2)10-4-18/h3-10,15-17H,11-14H2,1-2H3,(H,26,27,28). The molecule has 2 aromatic carbocycles. The molecule has 0 spiro atoms. The van der Waals surface area contributed by atoms with Crippen LogP contribution in [0.5, 0.6) is 5.75 Å².